The minimum Gasteiger partial charge on any atom is -0.385 e. The molecular weight excluding hydrogens is 179 g/mol. The van der Waals surface area contributed by atoms with Gasteiger partial charge in [0.15, 0.2) is 0 Å². The van der Waals surface area contributed by atoms with Crippen LogP contribution in [0.25, 0.3) is 0 Å². The molecule has 0 fully saturated rings. The average Bonchev–Trinajstić information content (AvgIpc) is 2.19. The van der Waals surface area contributed by atoms with Gasteiger partial charge in [0.05, 0.1) is 0 Å². The maximum Gasteiger partial charge on any atom is 0.123 e. The number of halogens is 1. The number of fused-ring (bicyclic) bond motifs is 1. The summed E-state index contributed by atoms with van der Waals surface area (Å²) in [6, 6.07) is 4.98. The van der Waals surface area contributed by atoms with E-state index in [0.29, 0.717) is 5.92 Å². The number of benzene rings is 1. The van der Waals surface area contributed by atoms with E-state index in [-0.39, 0.29) is 5.82 Å². The highest BCUT2D eigenvalue weighted by Gasteiger charge is 2.19. The lowest BCUT2D eigenvalue weighted by molar-refractivity contribution is 0.573. The Balaban J connectivity index is 2.32. The van der Waals surface area contributed by atoms with Crippen molar-refractivity contribution < 1.29 is 4.39 Å². The van der Waals surface area contributed by atoms with Crippen LogP contribution in [0.4, 0.5) is 10.1 Å². The summed E-state index contributed by atoms with van der Waals surface area (Å²) in [4.78, 5) is 0. The van der Waals surface area contributed by atoms with Crippen molar-refractivity contribution in [1.82, 2.24) is 5.32 Å². The van der Waals surface area contributed by atoms with Gasteiger partial charge in [0, 0.05) is 24.7 Å². The van der Waals surface area contributed by atoms with Crippen molar-refractivity contribution in [2.45, 2.75) is 12.3 Å². The number of anilines is 1. The first-order valence-electron chi connectivity index (χ1n) is 4.99. The molecule has 1 aromatic carbocycles. The Morgan fingerprint density at radius 3 is 3.21 bits per heavy atom. The zero-order valence-corrected chi connectivity index (χ0v) is 8.31. The lowest BCUT2D eigenvalue weighted by atomic mass is 9.91. The summed E-state index contributed by atoms with van der Waals surface area (Å²) in [7, 11) is 1.93. The molecule has 76 valence electrons. The Morgan fingerprint density at radius 2 is 2.43 bits per heavy atom. The lowest BCUT2D eigenvalue weighted by Gasteiger charge is -2.26. The molecule has 1 atom stereocenters. The molecule has 1 heterocycles. The molecule has 0 aromatic heterocycles. The monoisotopic (exact) mass is 194 g/mol. The lowest BCUT2D eigenvalue weighted by Crippen LogP contribution is -2.24. The summed E-state index contributed by atoms with van der Waals surface area (Å²) >= 11 is 0. The third kappa shape index (κ3) is 1.73. The van der Waals surface area contributed by atoms with Crippen LogP contribution < -0.4 is 10.6 Å². The number of hydrogen-bond donors (Lipinski definition) is 2. The molecule has 0 aliphatic carbocycles. The molecule has 0 spiro atoms. The molecule has 2 rings (SSSR count). The highest BCUT2D eigenvalue weighted by molar-refractivity contribution is 5.55. The molecule has 0 bridgehead atoms. The second kappa shape index (κ2) is 3.96. The maximum absolute atomic E-state index is 13.1. The molecule has 0 radical (unpaired) electrons. The Morgan fingerprint density at radius 1 is 1.57 bits per heavy atom. The molecule has 14 heavy (non-hydrogen) atoms. The van der Waals surface area contributed by atoms with E-state index in [9.17, 15) is 4.39 Å². The molecule has 0 saturated heterocycles. The van der Waals surface area contributed by atoms with Crippen LogP contribution in [0, 0.1) is 5.82 Å². The van der Waals surface area contributed by atoms with Gasteiger partial charge in [0.25, 0.3) is 0 Å². The first-order chi connectivity index (χ1) is 6.81. The Hall–Kier alpha value is -1.09. The van der Waals surface area contributed by atoms with Crippen LogP contribution in [0.2, 0.25) is 0 Å². The van der Waals surface area contributed by atoms with Crippen LogP contribution in [-0.2, 0) is 0 Å². The van der Waals surface area contributed by atoms with E-state index >= 15 is 0 Å². The summed E-state index contributed by atoms with van der Waals surface area (Å²) < 4.78 is 13.1. The largest absolute Gasteiger partial charge is 0.385 e. The van der Waals surface area contributed by atoms with E-state index in [1.54, 1.807) is 6.07 Å². The van der Waals surface area contributed by atoms with Gasteiger partial charge in [-0.25, -0.2) is 4.39 Å². The number of likely N-dealkylation sites (N-methyl/N-ethyl adjacent to an activating group) is 1. The molecule has 2 nitrogen and oxygen atoms in total. The Labute approximate surface area is 83.5 Å². The third-order valence-electron chi connectivity index (χ3n) is 2.71. The van der Waals surface area contributed by atoms with Crippen LogP contribution >= 0.6 is 0 Å². The molecule has 3 heteroatoms. The molecule has 1 aromatic rings. The van der Waals surface area contributed by atoms with E-state index in [1.165, 1.54) is 6.07 Å². The molecule has 0 saturated carbocycles. The van der Waals surface area contributed by atoms with Gasteiger partial charge in [-0.2, -0.15) is 0 Å². The number of hydrogen-bond acceptors (Lipinski definition) is 2. The minimum absolute atomic E-state index is 0.145. The SMILES string of the molecule is CNCC1CCNc2ccc(F)cc21. The number of nitrogens with one attached hydrogen (secondary N) is 2. The van der Waals surface area contributed by atoms with Crippen molar-refractivity contribution >= 4 is 5.69 Å². The fourth-order valence-electron chi connectivity index (χ4n) is 2.03. The quantitative estimate of drug-likeness (QED) is 0.752. The predicted octanol–water partition coefficient (Wildman–Crippen LogP) is 1.94. The maximum atomic E-state index is 13.1. The van der Waals surface area contributed by atoms with E-state index in [1.807, 2.05) is 13.1 Å². The smallest absolute Gasteiger partial charge is 0.123 e. The van der Waals surface area contributed by atoms with Gasteiger partial charge < -0.3 is 10.6 Å². The van der Waals surface area contributed by atoms with Gasteiger partial charge in [-0.3, -0.25) is 0 Å². The molecular formula is C11H15FN2. The van der Waals surface area contributed by atoms with Crippen LogP contribution in [0.1, 0.15) is 17.9 Å². The first-order valence-corrected chi connectivity index (χ1v) is 4.99. The Kier molecular flexibility index (Phi) is 2.68. The van der Waals surface area contributed by atoms with Gasteiger partial charge in [-0.15, -0.1) is 0 Å². The van der Waals surface area contributed by atoms with Gasteiger partial charge in [0.2, 0.25) is 0 Å². The van der Waals surface area contributed by atoms with Gasteiger partial charge in [-0.05, 0) is 37.2 Å². The first kappa shape index (κ1) is 9.46. The summed E-state index contributed by atoms with van der Waals surface area (Å²) in [6.07, 6.45) is 1.07. The van der Waals surface area contributed by atoms with Crippen LogP contribution in [0.5, 0.6) is 0 Å². The second-order valence-electron chi connectivity index (χ2n) is 3.70. The molecule has 1 unspecified atom stereocenters. The van der Waals surface area contributed by atoms with Crippen molar-refractivity contribution in [2.75, 3.05) is 25.5 Å². The highest BCUT2D eigenvalue weighted by atomic mass is 19.1. The van der Waals surface area contributed by atoms with Crippen LogP contribution in [-0.4, -0.2) is 20.1 Å². The zero-order valence-electron chi connectivity index (χ0n) is 8.31. The van der Waals surface area contributed by atoms with E-state index in [4.69, 9.17) is 0 Å². The second-order valence-corrected chi connectivity index (χ2v) is 3.70. The summed E-state index contributed by atoms with van der Waals surface area (Å²) in [5.74, 6) is 0.292. The van der Waals surface area contributed by atoms with Crippen molar-refractivity contribution in [3.05, 3.63) is 29.6 Å². The van der Waals surface area contributed by atoms with Gasteiger partial charge >= 0.3 is 0 Å². The Bertz CT molecular complexity index is 325. The zero-order chi connectivity index (χ0) is 9.97. The normalized spacial score (nSPS) is 20.0. The topological polar surface area (TPSA) is 24.1 Å². The molecule has 0 amide bonds. The fourth-order valence-corrected chi connectivity index (χ4v) is 2.03. The van der Waals surface area contributed by atoms with Gasteiger partial charge in [-0.1, -0.05) is 0 Å². The molecule has 2 N–H and O–H groups in total. The fraction of sp³-hybridized carbons (Fsp3) is 0.455. The summed E-state index contributed by atoms with van der Waals surface area (Å²) in [6.45, 7) is 1.89. The van der Waals surface area contributed by atoms with E-state index < -0.39 is 0 Å². The van der Waals surface area contributed by atoms with Crippen molar-refractivity contribution in [2.24, 2.45) is 0 Å². The van der Waals surface area contributed by atoms with Crippen LogP contribution in [0.15, 0.2) is 18.2 Å². The standard InChI is InChI=1S/C11H15FN2/c1-13-7-8-4-5-14-11-3-2-9(12)6-10(8)11/h2-3,6,8,13-14H,4-5,7H2,1H3. The van der Waals surface area contributed by atoms with Crippen molar-refractivity contribution in [1.29, 1.82) is 0 Å². The van der Waals surface area contributed by atoms with Crippen LogP contribution in [0.3, 0.4) is 0 Å². The predicted molar refractivity (Wildman–Crippen MR) is 56.2 cm³/mol. The molecule has 1 aliphatic rings. The summed E-state index contributed by atoms with van der Waals surface area (Å²) in [5, 5.41) is 6.43. The van der Waals surface area contributed by atoms with Gasteiger partial charge in [0.1, 0.15) is 5.82 Å². The van der Waals surface area contributed by atoms with E-state index in [0.717, 1.165) is 30.8 Å². The summed E-state index contributed by atoms with van der Waals surface area (Å²) in [5.41, 5.74) is 2.18. The van der Waals surface area contributed by atoms with Crippen molar-refractivity contribution in [3.8, 4) is 0 Å². The molecule has 1 aliphatic heterocycles. The average molecular weight is 194 g/mol. The number of rotatable bonds is 2. The highest BCUT2D eigenvalue weighted by Crippen LogP contribution is 2.31. The minimum atomic E-state index is -0.145. The van der Waals surface area contributed by atoms with E-state index in [2.05, 4.69) is 10.6 Å². The van der Waals surface area contributed by atoms with Crippen molar-refractivity contribution in [3.63, 3.8) is 0 Å². The third-order valence-corrected chi connectivity index (χ3v) is 2.71.